The van der Waals surface area contributed by atoms with E-state index in [4.69, 9.17) is 4.74 Å². The number of carbonyl (C=O) groups is 1. The Bertz CT molecular complexity index is 690. The van der Waals surface area contributed by atoms with Crippen molar-refractivity contribution in [3.8, 4) is 6.07 Å². The average molecular weight is 294 g/mol. The van der Waals surface area contributed by atoms with Crippen molar-refractivity contribution < 1.29 is 9.53 Å². The second-order valence-corrected chi connectivity index (χ2v) is 4.94. The van der Waals surface area contributed by atoms with Crippen molar-refractivity contribution in [2.24, 2.45) is 0 Å². The first-order chi connectivity index (χ1) is 10.7. The van der Waals surface area contributed by atoms with Crippen molar-refractivity contribution >= 4 is 11.5 Å². The molecule has 0 bridgehead atoms. The molecule has 1 unspecified atom stereocenters. The van der Waals surface area contributed by atoms with Crippen molar-refractivity contribution in [3.63, 3.8) is 0 Å². The molecule has 0 aliphatic rings. The molecule has 0 aliphatic heterocycles. The summed E-state index contributed by atoms with van der Waals surface area (Å²) in [5.74, 6) is -0.0288. The second kappa shape index (κ2) is 7.39. The predicted octanol–water partition coefficient (Wildman–Crippen LogP) is 3.56. The SMILES string of the molecule is COC(CNc1cc(C(C)=O)ccc1C#N)c1ccccc1. The molecule has 22 heavy (non-hydrogen) atoms. The zero-order valence-corrected chi connectivity index (χ0v) is 12.7. The maximum Gasteiger partial charge on any atom is 0.159 e. The van der Waals surface area contributed by atoms with Gasteiger partial charge in [0.15, 0.2) is 5.78 Å². The molecule has 1 N–H and O–H groups in total. The molecule has 1 atom stereocenters. The number of nitrogens with one attached hydrogen (secondary N) is 1. The van der Waals surface area contributed by atoms with Gasteiger partial charge in [-0.15, -0.1) is 0 Å². The monoisotopic (exact) mass is 294 g/mol. The van der Waals surface area contributed by atoms with Gasteiger partial charge in [-0.25, -0.2) is 0 Å². The van der Waals surface area contributed by atoms with E-state index >= 15 is 0 Å². The Morgan fingerprint density at radius 3 is 2.59 bits per heavy atom. The maximum absolute atomic E-state index is 11.5. The topological polar surface area (TPSA) is 62.1 Å². The summed E-state index contributed by atoms with van der Waals surface area (Å²) in [5, 5.41) is 12.4. The fraction of sp³-hybridized carbons (Fsp3) is 0.222. The van der Waals surface area contributed by atoms with Crippen molar-refractivity contribution in [2.75, 3.05) is 19.0 Å². The Balaban J connectivity index is 2.18. The largest absolute Gasteiger partial charge is 0.381 e. The van der Waals surface area contributed by atoms with Gasteiger partial charge in [-0.1, -0.05) is 30.3 Å². The molecule has 2 rings (SSSR count). The summed E-state index contributed by atoms with van der Waals surface area (Å²) in [5.41, 5.74) is 2.79. The van der Waals surface area contributed by atoms with Crippen LogP contribution in [0, 0.1) is 11.3 Å². The highest BCUT2D eigenvalue weighted by atomic mass is 16.5. The predicted molar refractivity (Wildman–Crippen MR) is 85.8 cm³/mol. The molecule has 0 saturated heterocycles. The molecule has 0 aromatic heterocycles. The van der Waals surface area contributed by atoms with Crippen molar-refractivity contribution in [1.82, 2.24) is 0 Å². The van der Waals surface area contributed by atoms with Gasteiger partial charge in [0.25, 0.3) is 0 Å². The summed E-state index contributed by atoms with van der Waals surface area (Å²) in [7, 11) is 1.65. The van der Waals surface area contributed by atoms with Gasteiger partial charge >= 0.3 is 0 Å². The normalized spacial score (nSPS) is 11.5. The number of rotatable bonds is 6. The molecule has 4 heteroatoms. The van der Waals surface area contributed by atoms with Crippen LogP contribution in [0.15, 0.2) is 48.5 Å². The lowest BCUT2D eigenvalue weighted by Gasteiger charge is -2.18. The highest BCUT2D eigenvalue weighted by Gasteiger charge is 2.12. The average Bonchev–Trinajstić information content (AvgIpc) is 2.56. The van der Waals surface area contributed by atoms with Crippen LogP contribution in [-0.2, 0) is 4.74 Å². The molecule has 2 aromatic rings. The summed E-state index contributed by atoms with van der Waals surface area (Å²) in [6.07, 6.45) is -0.131. The minimum absolute atomic E-state index is 0.0288. The number of ether oxygens (including phenoxy) is 1. The van der Waals surface area contributed by atoms with Gasteiger partial charge in [0.05, 0.1) is 17.4 Å². The van der Waals surface area contributed by atoms with Gasteiger partial charge in [-0.05, 0) is 30.7 Å². The third-order valence-electron chi connectivity index (χ3n) is 3.48. The number of hydrogen-bond donors (Lipinski definition) is 1. The van der Waals surface area contributed by atoms with Gasteiger partial charge in [0, 0.05) is 19.2 Å². The zero-order chi connectivity index (χ0) is 15.9. The van der Waals surface area contributed by atoms with E-state index in [1.807, 2.05) is 30.3 Å². The highest BCUT2D eigenvalue weighted by Crippen LogP contribution is 2.21. The number of ketones is 1. The number of methoxy groups -OCH3 is 1. The van der Waals surface area contributed by atoms with Crippen molar-refractivity contribution in [3.05, 3.63) is 65.2 Å². The van der Waals surface area contributed by atoms with E-state index in [9.17, 15) is 10.1 Å². The van der Waals surface area contributed by atoms with Crippen LogP contribution in [-0.4, -0.2) is 19.4 Å². The zero-order valence-electron chi connectivity index (χ0n) is 12.7. The van der Waals surface area contributed by atoms with Crippen LogP contribution >= 0.6 is 0 Å². The van der Waals surface area contributed by atoms with E-state index in [0.717, 1.165) is 5.56 Å². The Morgan fingerprint density at radius 2 is 2.00 bits per heavy atom. The molecular weight excluding hydrogens is 276 g/mol. The van der Waals surface area contributed by atoms with Crippen LogP contribution in [0.2, 0.25) is 0 Å². The molecule has 0 radical (unpaired) electrons. The molecule has 0 saturated carbocycles. The fourth-order valence-corrected chi connectivity index (χ4v) is 2.21. The number of benzene rings is 2. The van der Waals surface area contributed by atoms with Gasteiger partial charge < -0.3 is 10.1 Å². The van der Waals surface area contributed by atoms with Gasteiger partial charge in [-0.2, -0.15) is 5.26 Å². The minimum Gasteiger partial charge on any atom is -0.381 e. The minimum atomic E-state index is -0.131. The van der Waals surface area contributed by atoms with Crippen LogP contribution in [0.25, 0.3) is 0 Å². The lowest BCUT2D eigenvalue weighted by Crippen LogP contribution is -2.15. The number of nitrogens with zero attached hydrogens (tertiary/aromatic N) is 1. The maximum atomic E-state index is 11.5. The van der Waals surface area contributed by atoms with Crippen LogP contribution in [0.1, 0.15) is 34.5 Å². The van der Waals surface area contributed by atoms with Crippen LogP contribution in [0.5, 0.6) is 0 Å². The number of hydrogen-bond acceptors (Lipinski definition) is 4. The number of nitriles is 1. The first-order valence-electron chi connectivity index (χ1n) is 7.02. The van der Waals surface area contributed by atoms with Crippen LogP contribution in [0.4, 0.5) is 5.69 Å². The molecule has 0 aliphatic carbocycles. The second-order valence-electron chi connectivity index (χ2n) is 4.94. The van der Waals surface area contributed by atoms with E-state index < -0.39 is 0 Å². The first-order valence-corrected chi connectivity index (χ1v) is 7.02. The van der Waals surface area contributed by atoms with Crippen LogP contribution < -0.4 is 5.32 Å². The number of carbonyl (C=O) groups excluding carboxylic acids is 1. The van der Waals surface area contributed by atoms with E-state index in [0.29, 0.717) is 23.4 Å². The van der Waals surface area contributed by atoms with Gasteiger partial charge in [-0.3, -0.25) is 4.79 Å². The molecule has 112 valence electrons. The first kappa shape index (κ1) is 15.7. The number of anilines is 1. The smallest absolute Gasteiger partial charge is 0.159 e. The Labute approximate surface area is 130 Å². The van der Waals surface area contributed by atoms with Crippen molar-refractivity contribution in [2.45, 2.75) is 13.0 Å². The van der Waals surface area contributed by atoms with E-state index in [1.165, 1.54) is 6.92 Å². The summed E-state index contributed by atoms with van der Waals surface area (Å²) < 4.78 is 5.50. The van der Waals surface area contributed by atoms with Crippen molar-refractivity contribution in [1.29, 1.82) is 5.26 Å². The third kappa shape index (κ3) is 3.72. The summed E-state index contributed by atoms with van der Waals surface area (Å²) in [6, 6.07) is 17.0. The summed E-state index contributed by atoms with van der Waals surface area (Å²) in [6.45, 7) is 2.02. The van der Waals surface area contributed by atoms with Gasteiger partial charge in [0.1, 0.15) is 6.07 Å². The molecular formula is C18H18N2O2. The van der Waals surface area contributed by atoms with Crippen LogP contribution in [0.3, 0.4) is 0 Å². The quantitative estimate of drug-likeness (QED) is 0.827. The number of Topliss-reactive ketones (excluding diaryl/α,β-unsaturated/α-hetero) is 1. The lowest BCUT2D eigenvalue weighted by molar-refractivity contribution is 0.101. The summed E-state index contributed by atoms with van der Waals surface area (Å²) in [4.78, 5) is 11.5. The Morgan fingerprint density at radius 1 is 1.27 bits per heavy atom. The highest BCUT2D eigenvalue weighted by molar-refractivity contribution is 5.95. The fourth-order valence-electron chi connectivity index (χ4n) is 2.21. The molecule has 0 heterocycles. The van der Waals surface area contributed by atoms with Gasteiger partial charge in [0.2, 0.25) is 0 Å². The molecule has 0 spiro atoms. The standard InChI is InChI=1S/C18H18N2O2/c1-13(21)15-8-9-16(11-19)17(10-15)20-12-18(22-2)14-6-4-3-5-7-14/h3-10,18,20H,12H2,1-2H3. The Kier molecular flexibility index (Phi) is 5.29. The van der Waals surface area contributed by atoms with E-state index in [1.54, 1.807) is 25.3 Å². The molecule has 0 amide bonds. The summed E-state index contributed by atoms with van der Waals surface area (Å²) >= 11 is 0. The Hall–Kier alpha value is -2.64. The lowest BCUT2D eigenvalue weighted by atomic mass is 10.1. The third-order valence-corrected chi connectivity index (χ3v) is 3.48. The van der Waals surface area contributed by atoms with E-state index in [-0.39, 0.29) is 11.9 Å². The molecule has 0 fully saturated rings. The van der Waals surface area contributed by atoms with E-state index in [2.05, 4.69) is 11.4 Å². The molecule has 4 nitrogen and oxygen atoms in total. The molecule has 2 aromatic carbocycles.